The third kappa shape index (κ3) is 3.03. The first-order chi connectivity index (χ1) is 9.63. The van der Waals surface area contributed by atoms with E-state index in [-0.39, 0.29) is 11.6 Å². The van der Waals surface area contributed by atoms with Gasteiger partial charge in [-0.1, -0.05) is 0 Å². The maximum atomic E-state index is 13.6. The summed E-state index contributed by atoms with van der Waals surface area (Å²) < 4.78 is 19.1. The highest BCUT2D eigenvalue weighted by Gasteiger charge is 2.08. The molecule has 2 N–H and O–H groups in total. The normalized spacial score (nSPS) is 9.95. The number of benzene rings is 1. The summed E-state index contributed by atoms with van der Waals surface area (Å²) in [6.45, 7) is 0. The van der Waals surface area contributed by atoms with Gasteiger partial charge in [0.2, 0.25) is 0 Å². The Morgan fingerprint density at radius 2 is 1.95 bits per heavy atom. The molecular formula is C14H14FN3O2. The second-order valence-corrected chi connectivity index (χ2v) is 3.95. The van der Waals surface area contributed by atoms with Crippen molar-refractivity contribution in [3.63, 3.8) is 0 Å². The van der Waals surface area contributed by atoms with Crippen molar-refractivity contribution in [3.8, 4) is 11.5 Å². The van der Waals surface area contributed by atoms with Crippen LogP contribution in [0.5, 0.6) is 11.5 Å². The first-order valence-electron chi connectivity index (χ1n) is 5.97. The Hall–Kier alpha value is -2.63. The summed E-state index contributed by atoms with van der Waals surface area (Å²) in [5.41, 5.74) is 0.621. The summed E-state index contributed by atoms with van der Waals surface area (Å²) >= 11 is 0. The fourth-order valence-electron chi connectivity index (χ4n) is 1.63. The second kappa shape index (κ2) is 6.01. The number of aromatic nitrogens is 1. The molecule has 1 aromatic heterocycles. The molecule has 0 saturated carbocycles. The van der Waals surface area contributed by atoms with Gasteiger partial charge in [0, 0.05) is 32.4 Å². The van der Waals surface area contributed by atoms with Gasteiger partial charge in [-0.25, -0.2) is 4.39 Å². The van der Waals surface area contributed by atoms with Crippen LogP contribution in [0.25, 0.3) is 0 Å². The molecule has 0 aliphatic carbocycles. The molecule has 0 aliphatic rings. The van der Waals surface area contributed by atoms with Crippen LogP contribution in [0.2, 0.25) is 0 Å². The fourth-order valence-corrected chi connectivity index (χ4v) is 1.63. The van der Waals surface area contributed by atoms with Gasteiger partial charge in [-0.05, 0) is 18.2 Å². The van der Waals surface area contributed by atoms with Crippen molar-refractivity contribution in [1.82, 2.24) is 10.3 Å². The van der Waals surface area contributed by atoms with Crippen LogP contribution in [0.3, 0.4) is 0 Å². The number of carbonyl (C=O) groups is 1. The Morgan fingerprint density at radius 3 is 2.60 bits per heavy atom. The van der Waals surface area contributed by atoms with E-state index < -0.39 is 5.82 Å². The van der Waals surface area contributed by atoms with Crippen LogP contribution in [0.1, 0.15) is 10.5 Å². The van der Waals surface area contributed by atoms with Gasteiger partial charge in [-0.2, -0.15) is 0 Å². The van der Waals surface area contributed by atoms with Crippen molar-refractivity contribution in [1.29, 1.82) is 0 Å². The molecule has 1 heterocycles. The maximum Gasteiger partial charge on any atom is 0.269 e. The van der Waals surface area contributed by atoms with Gasteiger partial charge in [-0.3, -0.25) is 9.78 Å². The highest BCUT2D eigenvalue weighted by Crippen LogP contribution is 2.25. The van der Waals surface area contributed by atoms with Crippen LogP contribution >= 0.6 is 0 Å². The molecule has 5 nitrogen and oxygen atoms in total. The Balaban J connectivity index is 2.21. The highest BCUT2D eigenvalue weighted by atomic mass is 19.1. The Morgan fingerprint density at radius 1 is 1.20 bits per heavy atom. The maximum absolute atomic E-state index is 13.6. The van der Waals surface area contributed by atoms with Gasteiger partial charge in [0.25, 0.3) is 5.91 Å². The zero-order valence-corrected chi connectivity index (χ0v) is 11.1. The van der Waals surface area contributed by atoms with Crippen molar-refractivity contribution in [3.05, 3.63) is 48.0 Å². The van der Waals surface area contributed by atoms with Gasteiger partial charge in [-0.15, -0.1) is 0 Å². The largest absolute Gasteiger partial charge is 0.457 e. The number of carbonyl (C=O) groups excluding carboxylic acids is 1. The van der Waals surface area contributed by atoms with Gasteiger partial charge < -0.3 is 15.4 Å². The van der Waals surface area contributed by atoms with Gasteiger partial charge in [0.05, 0.1) is 5.69 Å². The Bertz CT molecular complexity index is 632. The monoisotopic (exact) mass is 275 g/mol. The van der Waals surface area contributed by atoms with E-state index in [4.69, 9.17) is 4.74 Å². The predicted octanol–water partition coefficient (Wildman–Crippen LogP) is 2.41. The van der Waals surface area contributed by atoms with E-state index in [9.17, 15) is 9.18 Å². The van der Waals surface area contributed by atoms with Crippen molar-refractivity contribution < 1.29 is 13.9 Å². The minimum atomic E-state index is -0.411. The molecule has 20 heavy (non-hydrogen) atoms. The zero-order chi connectivity index (χ0) is 14.5. The molecule has 2 rings (SSSR count). The third-order valence-electron chi connectivity index (χ3n) is 2.64. The number of ether oxygens (including phenoxy) is 1. The number of anilines is 1. The van der Waals surface area contributed by atoms with E-state index >= 15 is 0 Å². The standard InChI is InChI=1S/C14H14FN3O2/c1-16-12-4-3-9(7-11(12)15)20-10-5-6-18-13(8-10)14(19)17-2/h3-8,16H,1-2H3,(H,17,19). The van der Waals surface area contributed by atoms with Crippen LogP contribution in [0.15, 0.2) is 36.5 Å². The van der Waals surface area contributed by atoms with Gasteiger partial charge in [0.15, 0.2) is 0 Å². The molecule has 0 radical (unpaired) electrons. The molecule has 1 aromatic carbocycles. The average Bonchev–Trinajstić information content (AvgIpc) is 2.47. The molecule has 0 unspecified atom stereocenters. The highest BCUT2D eigenvalue weighted by molar-refractivity contribution is 5.92. The Labute approximate surface area is 115 Å². The molecular weight excluding hydrogens is 261 g/mol. The summed E-state index contributed by atoms with van der Waals surface area (Å²) in [5.74, 6) is 0.0310. The summed E-state index contributed by atoms with van der Waals surface area (Å²) in [6.07, 6.45) is 1.46. The quantitative estimate of drug-likeness (QED) is 0.899. The molecule has 6 heteroatoms. The SMILES string of the molecule is CNC(=O)c1cc(Oc2ccc(NC)c(F)c2)ccn1. The summed E-state index contributed by atoms with van der Waals surface area (Å²) in [4.78, 5) is 15.4. The molecule has 104 valence electrons. The van der Waals surface area contributed by atoms with Crippen LogP contribution in [-0.4, -0.2) is 25.0 Å². The van der Waals surface area contributed by atoms with Crippen molar-refractivity contribution in [2.75, 3.05) is 19.4 Å². The van der Waals surface area contributed by atoms with E-state index in [2.05, 4.69) is 15.6 Å². The number of hydrogen-bond acceptors (Lipinski definition) is 4. The smallest absolute Gasteiger partial charge is 0.269 e. The van der Waals surface area contributed by atoms with Crippen molar-refractivity contribution >= 4 is 11.6 Å². The lowest BCUT2D eigenvalue weighted by Crippen LogP contribution is -2.18. The first-order valence-corrected chi connectivity index (χ1v) is 5.97. The van der Waals surface area contributed by atoms with E-state index in [1.165, 1.54) is 25.4 Å². The molecule has 0 bridgehead atoms. The molecule has 1 amide bonds. The fraction of sp³-hybridized carbons (Fsp3) is 0.143. The van der Waals surface area contributed by atoms with E-state index in [1.807, 2.05) is 0 Å². The number of pyridine rings is 1. The number of halogens is 1. The predicted molar refractivity (Wildman–Crippen MR) is 73.6 cm³/mol. The zero-order valence-electron chi connectivity index (χ0n) is 11.1. The topological polar surface area (TPSA) is 63.2 Å². The minimum absolute atomic E-state index is 0.234. The third-order valence-corrected chi connectivity index (χ3v) is 2.64. The molecule has 2 aromatic rings. The summed E-state index contributed by atoms with van der Waals surface area (Å²) in [7, 11) is 3.15. The summed E-state index contributed by atoms with van der Waals surface area (Å²) in [6, 6.07) is 7.56. The lowest BCUT2D eigenvalue weighted by Gasteiger charge is -2.08. The minimum Gasteiger partial charge on any atom is -0.457 e. The van der Waals surface area contributed by atoms with E-state index in [0.29, 0.717) is 17.2 Å². The first kappa shape index (κ1) is 13.8. The lowest BCUT2D eigenvalue weighted by atomic mass is 10.3. The van der Waals surface area contributed by atoms with E-state index in [0.717, 1.165) is 0 Å². The van der Waals surface area contributed by atoms with Crippen molar-refractivity contribution in [2.24, 2.45) is 0 Å². The number of rotatable bonds is 4. The lowest BCUT2D eigenvalue weighted by molar-refractivity contribution is 0.0958. The van der Waals surface area contributed by atoms with Gasteiger partial charge >= 0.3 is 0 Å². The number of nitrogens with zero attached hydrogens (tertiary/aromatic N) is 1. The number of nitrogens with one attached hydrogen (secondary N) is 2. The number of amides is 1. The van der Waals surface area contributed by atoms with Crippen molar-refractivity contribution in [2.45, 2.75) is 0 Å². The van der Waals surface area contributed by atoms with Crippen LogP contribution < -0.4 is 15.4 Å². The van der Waals surface area contributed by atoms with Crippen LogP contribution in [0.4, 0.5) is 10.1 Å². The molecule has 0 saturated heterocycles. The average molecular weight is 275 g/mol. The van der Waals surface area contributed by atoms with E-state index in [1.54, 1.807) is 25.2 Å². The summed E-state index contributed by atoms with van der Waals surface area (Å²) in [5, 5.41) is 5.20. The van der Waals surface area contributed by atoms with Crippen LogP contribution in [-0.2, 0) is 0 Å². The molecule has 0 atom stereocenters. The van der Waals surface area contributed by atoms with Gasteiger partial charge in [0.1, 0.15) is 23.0 Å². The van der Waals surface area contributed by atoms with Crippen LogP contribution in [0, 0.1) is 5.82 Å². The second-order valence-electron chi connectivity index (χ2n) is 3.95. The molecule has 0 fully saturated rings. The molecule has 0 aliphatic heterocycles. The number of hydrogen-bond donors (Lipinski definition) is 2. The Kier molecular flexibility index (Phi) is 4.14. The molecule has 0 spiro atoms.